The van der Waals surface area contributed by atoms with E-state index in [9.17, 15) is 19.2 Å². The van der Waals surface area contributed by atoms with Crippen molar-refractivity contribution in [3.63, 3.8) is 0 Å². The molecule has 0 atom stereocenters. The summed E-state index contributed by atoms with van der Waals surface area (Å²) < 4.78 is 5.10. The lowest BCUT2D eigenvalue weighted by Crippen LogP contribution is -2.41. The first kappa shape index (κ1) is 23.9. The second kappa shape index (κ2) is 13.1. The highest BCUT2D eigenvalue weighted by Crippen LogP contribution is 2.04. The Kier molecular flexibility index (Phi) is 10.8. The number of ether oxygens (including phenoxy) is 1. The van der Waals surface area contributed by atoms with Crippen molar-refractivity contribution in [2.45, 2.75) is 32.3 Å². The second-order valence-corrected chi connectivity index (χ2v) is 6.69. The molecule has 0 aliphatic rings. The van der Waals surface area contributed by atoms with Crippen LogP contribution in [-0.2, 0) is 25.7 Å². The summed E-state index contributed by atoms with van der Waals surface area (Å²) in [5.74, 6) is -1.72. The van der Waals surface area contributed by atoms with Crippen molar-refractivity contribution < 1.29 is 29.0 Å². The number of alkyl carbamates (subject to hydrolysis) is 1. The zero-order valence-electron chi connectivity index (χ0n) is 16.9. The van der Waals surface area contributed by atoms with Crippen LogP contribution in [-0.4, -0.2) is 72.5 Å². The number of benzene rings is 1. The number of rotatable bonds is 12. The predicted octanol–water partition coefficient (Wildman–Crippen LogP) is 1.47. The Morgan fingerprint density at radius 2 is 1.59 bits per heavy atom. The van der Waals surface area contributed by atoms with E-state index in [1.807, 2.05) is 30.3 Å². The van der Waals surface area contributed by atoms with Crippen LogP contribution in [0.4, 0.5) is 4.79 Å². The normalized spacial score (nSPS) is 10.1. The lowest BCUT2D eigenvalue weighted by molar-refractivity contribution is -0.145. The molecule has 0 aliphatic carbocycles. The molecular weight excluding hydrogens is 378 g/mol. The first-order valence-corrected chi connectivity index (χ1v) is 9.44. The summed E-state index contributed by atoms with van der Waals surface area (Å²) in [7, 11) is 2.89. The van der Waals surface area contributed by atoms with Gasteiger partial charge in [-0.25, -0.2) is 4.79 Å². The van der Waals surface area contributed by atoms with Crippen LogP contribution in [0.15, 0.2) is 30.3 Å². The summed E-state index contributed by atoms with van der Waals surface area (Å²) >= 11 is 0. The molecule has 9 heteroatoms. The quantitative estimate of drug-likeness (QED) is 0.507. The molecule has 1 rings (SSSR count). The van der Waals surface area contributed by atoms with E-state index in [4.69, 9.17) is 9.84 Å². The van der Waals surface area contributed by atoms with Crippen molar-refractivity contribution in [2.24, 2.45) is 0 Å². The van der Waals surface area contributed by atoms with Gasteiger partial charge in [-0.1, -0.05) is 36.8 Å². The highest BCUT2D eigenvalue weighted by Gasteiger charge is 2.17. The maximum atomic E-state index is 12.0. The number of hydrogen-bond acceptors (Lipinski definition) is 5. The molecule has 0 saturated heterocycles. The molecule has 160 valence electrons. The van der Waals surface area contributed by atoms with Gasteiger partial charge in [0.05, 0.1) is 6.54 Å². The summed E-state index contributed by atoms with van der Waals surface area (Å²) in [6.45, 7) is 0.114. The van der Waals surface area contributed by atoms with Crippen LogP contribution in [0.25, 0.3) is 0 Å². The number of carboxylic acid groups (broad SMARTS) is 1. The van der Waals surface area contributed by atoms with Crippen LogP contribution in [0.3, 0.4) is 0 Å². The average molecular weight is 407 g/mol. The van der Waals surface area contributed by atoms with E-state index in [1.165, 1.54) is 19.0 Å². The van der Waals surface area contributed by atoms with Gasteiger partial charge in [0.1, 0.15) is 13.2 Å². The molecule has 1 aromatic rings. The standard InChI is InChI=1S/C20H29N3O6/c1-22(13-18(25)23(2)14-19(26)27)17(24)11-7-4-8-12-21-20(28)29-15-16-9-5-3-6-10-16/h3,5-6,9-10H,4,7-8,11-15H2,1-2H3,(H,21,28)(H,26,27). The van der Waals surface area contributed by atoms with Crippen LogP contribution in [0.5, 0.6) is 0 Å². The number of carbonyl (C=O) groups excluding carboxylic acids is 3. The Morgan fingerprint density at radius 3 is 2.24 bits per heavy atom. The van der Waals surface area contributed by atoms with Crippen molar-refractivity contribution in [3.8, 4) is 0 Å². The molecule has 0 aromatic heterocycles. The minimum atomic E-state index is -1.10. The maximum absolute atomic E-state index is 12.0. The molecule has 0 bridgehead atoms. The number of hydrogen-bond donors (Lipinski definition) is 2. The van der Waals surface area contributed by atoms with Gasteiger partial charge < -0.3 is 25.0 Å². The molecule has 2 N–H and O–H groups in total. The van der Waals surface area contributed by atoms with Gasteiger partial charge in [-0.05, 0) is 18.4 Å². The summed E-state index contributed by atoms with van der Waals surface area (Å²) in [6, 6.07) is 9.39. The second-order valence-electron chi connectivity index (χ2n) is 6.69. The van der Waals surface area contributed by atoms with E-state index >= 15 is 0 Å². The number of carbonyl (C=O) groups is 4. The Bertz CT molecular complexity index is 680. The fourth-order valence-corrected chi connectivity index (χ4v) is 2.44. The largest absolute Gasteiger partial charge is 0.480 e. The minimum absolute atomic E-state index is 0.155. The molecule has 3 amide bonds. The van der Waals surface area contributed by atoms with Crippen LogP contribution >= 0.6 is 0 Å². The Labute approximate surface area is 170 Å². The number of unbranched alkanes of at least 4 members (excludes halogenated alkanes) is 2. The third kappa shape index (κ3) is 10.7. The van der Waals surface area contributed by atoms with Crippen molar-refractivity contribution in [2.75, 3.05) is 33.7 Å². The highest BCUT2D eigenvalue weighted by molar-refractivity contribution is 5.86. The summed E-state index contributed by atoms with van der Waals surface area (Å²) in [6.07, 6.45) is 1.88. The van der Waals surface area contributed by atoms with Gasteiger partial charge in [0.15, 0.2) is 0 Å². The lowest BCUT2D eigenvalue weighted by Gasteiger charge is -2.20. The van der Waals surface area contributed by atoms with E-state index < -0.39 is 24.5 Å². The molecule has 9 nitrogen and oxygen atoms in total. The fourth-order valence-electron chi connectivity index (χ4n) is 2.44. The van der Waals surface area contributed by atoms with Gasteiger partial charge in [0.2, 0.25) is 11.8 Å². The van der Waals surface area contributed by atoms with Gasteiger partial charge in [-0.3, -0.25) is 14.4 Å². The number of amides is 3. The molecule has 0 heterocycles. The molecule has 0 aliphatic heterocycles. The first-order valence-electron chi connectivity index (χ1n) is 9.44. The summed E-state index contributed by atoms with van der Waals surface area (Å²) in [5.41, 5.74) is 0.915. The van der Waals surface area contributed by atoms with E-state index in [0.29, 0.717) is 19.4 Å². The van der Waals surface area contributed by atoms with E-state index in [1.54, 1.807) is 0 Å². The van der Waals surface area contributed by atoms with Gasteiger partial charge in [-0.15, -0.1) is 0 Å². The third-order valence-electron chi connectivity index (χ3n) is 4.15. The zero-order valence-corrected chi connectivity index (χ0v) is 16.9. The number of carboxylic acids is 1. The molecule has 1 aromatic carbocycles. The molecule has 0 fully saturated rings. The Balaban J connectivity index is 2.09. The topological polar surface area (TPSA) is 116 Å². The Morgan fingerprint density at radius 1 is 0.931 bits per heavy atom. The molecule has 0 unspecified atom stereocenters. The van der Waals surface area contributed by atoms with Crippen LogP contribution in [0.2, 0.25) is 0 Å². The van der Waals surface area contributed by atoms with E-state index in [-0.39, 0.29) is 25.5 Å². The van der Waals surface area contributed by atoms with Crippen molar-refractivity contribution in [3.05, 3.63) is 35.9 Å². The van der Waals surface area contributed by atoms with Crippen LogP contribution in [0.1, 0.15) is 31.2 Å². The fraction of sp³-hybridized carbons (Fsp3) is 0.500. The van der Waals surface area contributed by atoms with Crippen molar-refractivity contribution in [1.29, 1.82) is 0 Å². The van der Waals surface area contributed by atoms with Gasteiger partial charge in [0, 0.05) is 27.1 Å². The Hall–Kier alpha value is -3.10. The van der Waals surface area contributed by atoms with Crippen molar-refractivity contribution in [1.82, 2.24) is 15.1 Å². The van der Waals surface area contributed by atoms with E-state index in [2.05, 4.69) is 5.32 Å². The number of nitrogens with one attached hydrogen (secondary N) is 1. The van der Waals surface area contributed by atoms with Gasteiger partial charge in [0.25, 0.3) is 0 Å². The molecule has 0 spiro atoms. The van der Waals surface area contributed by atoms with E-state index in [0.717, 1.165) is 16.9 Å². The molecule has 0 saturated carbocycles. The van der Waals surface area contributed by atoms with Crippen LogP contribution in [0, 0.1) is 0 Å². The average Bonchev–Trinajstić information content (AvgIpc) is 2.68. The van der Waals surface area contributed by atoms with Gasteiger partial charge >= 0.3 is 12.1 Å². The maximum Gasteiger partial charge on any atom is 0.407 e. The predicted molar refractivity (Wildman–Crippen MR) is 106 cm³/mol. The SMILES string of the molecule is CN(CC(=O)O)C(=O)CN(C)C(=O)CCCCCNC(=O)OCc1ccccc1. The van der Waals surface area contributed by atoms with Gasteiger partial charge in [-0.2, -0.15) is 0 Å². The zero-order chi connectivity index (χ0) is 21.6. The molecule has 0 radical (unpaired) electrons. The molecular formula is C20H29N3O6. The number of aliphatic carboxylic acids is 1. The summed E-state index contributed by atoms with van der Waals surface area (Å²) in [4.78, 5) is 48.4. The third-order valence-corrected chi connectivity index (χ3v) is 4.15. The number of likely N-dealkylation sites (N-methyl/N-ethyl adjacent to an activating group) is 2. The first-order chi connectivity index (χ1) is 13.8. The molecule has 29 heavy (non-hydrogen) atoms. The minimum Gasteiger partial charge on any atom is -0.480 e. The highest BCUT2D eigenvalue weighted by atomic mass is 16.5. The number of nitrogens with zero attached hydrogens (tertiary/aromatic N) is 2. The smallest absolute Gasteiger partial charge is 0.407 e. The monoisotopic (exact) mass is 407 g/mol. The summed E-state index contributed by atoms with van der Waals surface area (Å²) in [5, 5.41) is 11.3. The van der Waals surface area contributed by atoms with Crippen LogP contribution < -0.4 is 5.32 Å². The van der Waals surface area contributed by atoms with Crippen molar-refractivity contribution >= 4 is 23.9 Å². The lowest BCUT2D eigenvalue weighted by atomic mass is 10.2.